The van der Waals surface area contributed by atoms with Crippen molar-refractivity contribution in [3.8, 4) is 0 Å². The van der Waals surface area contributed by atoms with Crippen LogP contribution in [0.5, 0.6) is 0 Å². The Morgan fingerprint density at radius 2 is 0.935 bits per heavy atom. The van der Waals surface area contributed by atoms with Gasteiger partial charge in [-0.05, 0) is 6.42 Å². The Balaban J connectivity index is 3.21. The van der Waals surface area contributed by atoms with Crippen molar-refractivity contribution in [2.45, 2.75) is 142 Å². The molecule has 0 rings (SSSR count). The minimum atomic E-state index is -3.78. The molecule has 0 aliphatic rings. The molecule has 0 aromatic carbocycles. The van der Waals surface area contributed by atoms with Crippen molar-refractivity contribution < 1.29 is 17.4 Å². The zero-order valence-electron chi connectivity index (χ0n) is 20.4. The van der Waals surface area contributed by atoms with Gasteiger partial charge in [0.2, 0.25) is 0 Å². The number of hydrogen-bond acceptors (Lipinski definition) is 5. The summed E-state index contributed by atoms with van der Waals surface area (Å²) in [6.07, 6.45) is 26.3. The third-order valence-electron chi connectivity index (χ3n) is 5.82. The van der Waals surface area contributed by atoms with Gasteiger partial charge < -0.3 is 9.92 Å². The van der Waals surface area contributed by atoms with Crippen molar-refractivity contribution in [1.29, 1.82) is 0 Å². The van der Waals surface area contributed by atoms with Crippen LogP contribution in [0.1, 0.15) is 142 Å². The Morgan fingerprint density at radius 3 is 1.26 bits per heavy atom. The summed E-state index contributed by atoms with van der Waals surface area (Å²) in [5, 5.41) is 0. The van der Waals surface area contributed by atoms with Crippen LogP contribution >= 0.6 is 0 Å². The minimum absolute atomic E-state index is 0.0328. The molecule has 0 atom stereocenters. The van der Waals surface area contributed by atoms with Crippen LogP contribution in [0.25, 0.3) is 0 Å². The van der Waals surface area contributed by atoms with Crippen LogP contribution in [0.3, 0.4) is 0 Å². The monoisotopic (exact) mass is 461 g/mol. The lowest BCUT2D eigenvalue weighted by Gasteiger charge is -2.05. The van der Waals surface area contributed by atoms with Crippen molar-refractivity contribution >= 4 is 16.1 Å². The standard InChI is InChI=1S/C25H51NO4S/c1-2-3-4-5-6-7-8-9-10-11-12-13-14-15-16-17-18-19-20-21-22-25(27)30-31(28,29)24-23-26/h2-24,26H2,1H3. The van der Waals surface area contributed by atoms with E-state index >= 15 is 0 Å². The van der Waals surface area contributed by atoms with E-state index in [0.29, 0.717) is 6.42 Å². The average Bonchev–Trinajstić information content (AvgIpc) is 2.71. The second-order valence-electron chi connectivity index (χ2n) is 8.97. The zero-order chi connectivity index (χ0) is 23.0. The highest BCUT2D eigenvalue weighted by molar-refractivity contribution is 7.87. The molecular weight excluding hydrogens is 410 g/mol. The molecule has 5 nitrogen and oxygen atoms in total. The Hall–Kier alpha value is -0.620. The molecule has 0 bridgehead atoms. The maximum atomic E-state index is 11.5. The molecule has 0 saturated carbocycles. The van der Waals surface area contributed by atoms with Crippen molar-refractivity contribution in [2.75, 3.05) is 12.3 Å². The highest BCUT2D eigenvalue weighted by Crippen LogP contribution is 2.15. The lowest BCUT2D eigenvalue weighted by molar-refractivity contribution is -0.133. The zero-order valence-corrected chi connectivity index (χ0v) is 21.2. The average molecular weight is 462 g/mol. The molecule has 0 unspecified atom stereocenters. The molecule has 0 heterocycles. The summed E-state index contributed by atoms with van der Waals surface area (Å²) in [4.78, 5) is 11.5. The molecule has 0 aromatic heterocycles. The Morgan fingerprint density at radius 1 is 0.613 bits per heavy atom. The Kier molecular flexibility index (Phi) is 22.1. The van der Waals surface area contributed by atoms with E-state index in [2.05, 4.69) is 11.1 Å². The molecule has 0 amide bonds. The van der Waals surface area contributed by atoms with E-state index in [1.807, 2.05) is 0 Å². The molecule has 0 fully saturated rings. The van der Waals surface area contributed by atoms with Crippen LogP contribution in [0.2, 0.25) is 0 Å². The highest BCUT2D eigenvalue weighted by Gasteiger charge is 2.15. The van der Waals surface area contributed by atoms with Crippen LogP contribution in [0.15, 0.2) is 0 Å². The quantitative estimate of drug-likeness (QED) is 0.123. The number of carbonyl (C=O) groups excluding carboxylic acids is 1. The third-order valence-corrected chi connectivity index (χ3v) is 7.00. The molecule has 0 radical (unpaired) electrons. The van der Waals surface area contributed by atoms with E-state index in [4.69, 9.17) is 5.73 Å². The number of hydrogen-bond donors (Lipinski definition) is 1. The first kappa shape index (κ1) is 30.4. The van der Waals surface area contributed by atoms with Gasteiger partial charge in [0, 0.05) is 13.0 Å². The summed E-state index contributed by atoms with van der Waals surface area (Å²) in [5.74, 6) is -0.964. The topological polar surface area (TPSA) is 86.5 Å². The Labute approximate surface area is 193 Å². The number of nitrogens with two attached hydrogens (primary N) is 1. The Bertz CT molecular complexity index is 494. The van der Waals surface area contributed by atoms with Crippen LogP contribution < -0.4 is 5.73 Å². The van der Waals surface area contributed by atoms with Crippen LogP contribution in [-0.2, 0) is 19.1 Å². The van der Waals surface area contributed by atoms with Crippen molar-refractivity contribution in [2.24, 2.45) is 5.73 Å². The molecule has 0 aromatic rings. The van der Waals surface area contributed by atoms with Gasteiger partial charge in [0.25, 0.3) is 0 Å². The number of carbonyl (C=O) groups is 1. The van der Waals surface area contributed by atoms with Crippen molar-refractivity contribution in [3.63, 3.8) is 0 Å². The van der Waals surface area contributed by atoms with E-state index in [9.17, 15) is 13.2 Å². The minimum Gasteiger partial charge on any atom is -0.346 e. The van der Waals surface area contributed by atoms with Crippen LogP contribution in [0, 0.1) is 0 Å². The fourth-order valence-electron chi connectivity index (χ4n) is 3.89. The lowest BCUT2D eigenvalue weighted by Crippen LogP contribution is -2.21. The van der Waals surface area contributed by atoms with Gasteiger partial charge in [-0.1, -0.05) is 129 Å². The summed E-state index contributed by atoms with van der Waals surface area (Å²) in [6, 6.07) is 0. The third kappa shape index (κ3) is 23.9. The van der Waals surface area contributed by atoms with E-state index < -0.39 is 16.1 Å². The van der Waals surface area contributed by atoms with Crippen LogP contribution in [-0.4, -0.2) is 26.7 Å². The maximum absolute atomic E-state index is 11.5. The molecule has 0 spiro atoms. The molecular formula is C25H51NO4S. The highest BCUT2D eigenvalue weighted by atomic mass is 32.2. The molecule has 31 heavy (non-hydrogen) atoms. The normalized spacial score (nSPS) is 11.7. The van der Waals surface area contributed by atoms with Gasteiger partial charge in [-0.25, -0.2) is 0 Å². The van der Waals surface area contributed by atoms with E-state index in [-0.39, 0.29) is 18.7 Å². The van der Waals surface area contributed by atoms with E-state index in [1.165, 1.54) is 109 Å². The van der Waals surface area contributed by atoms with Crippen molar-refractivity contribution in [3.05, 3.63) is 0 Å². The van der Waals surface area contributed by atoms with E-state index in [1.54, 1.807) is 0 Å². The summed E-state index contributed by atoms with van der Waals surface area (Å²) >= 11 is 0. The van der Waals surface area contributed by atoms with Gasteiger partial charge in [-0.2, -0.15) is 8.42 Å². The second-order valence-corrected chi connectivity index (χ2v) is 10.7. The summed E-state index contributed by atoms with van der Waals surface area (Å²) in [5.41, 5.74) is 5.17. The number of unbranched alkanes of at least 4 members (excludes halogenated alkanes) is 19. The largest absolute Gasteiger partial charge is 0.346 e. The first-order chi connectivity index (χ1) is 15.0. The fourth-order valence-corrected chi connectivity index (χ4v) is 4.63. The fraction of sp³-hybridized carbons (Fsp3) is 0.960. The number of rotatable bonds is 24. The van der Waals surface area contributed by atoms with Crippen molar-refractivity contribution in [1.82, 2.24) is 0 Å². The molecule has 0 aliphatic heterocycles. The molecule has 6 heteroatoms. The molecule has 2 N–H and O–H groups in total. The molecule has 0 saturated heterocycles. The van der Waals surface area contributed by atoms with Crippen LogP contribution in [0.4, 0.5) is 0 Å². The predicted octanol–water partition coefficient (Wildman–Crippen LogP) is 7.03. The maximum Gasteiger partial charge on any atom is 0.322 e. The first-order valence-corrected chi connectivity index (χ1v) is 14.7. The first-order valence-electron chi connectivity index (χ1n) is 13.2. The van der Waals surface area contributed by atoms with Gasteiger partial charge in [-0.3, -0.25) is 4.79 Å². The van der Waals surface area contributed by atoms with Gasteiger partial charge in [0.05, 0.1) is 5.75 Å². The lowest BCUT2D eigenvalue weighted by atomic mass is 10.0. The van der Waals surface area contributed by atoms with Gasteiger partial charge in [0.15, 0.2) is 0 Å². The van der Waals surface area contributed by atoms with E-state index in [0.717, 1.165) is 12.8 Å². The smallest absolute Gasteiger partial charge is 0.322 e. The summed E-state index contributed by atoms with van der Waals surface area (Å²) in [7, 11) is -3.78. The second kappa shape index (κ2) is 22.6. The van der Waals surface area contributed by atoms with Gasteiger partial charge >= 0.3 is 16.1 Å². The predicted molar refractivity (Wildman–Crippen MR) is 132 cm³/mol. The summed E-state index contributed by atoms with van der Waals surface area (Å²) < 4.78 is 27.1. The van der Waals surface area contributed by atoms with Gasteiger partial charge in [-0.15, -0.1) is 0 Å². The SMILES string of the molecule is CCCCCCCCCCCCCCCCCCCCCCC(=O)OS(=O)(=O)CCN. The molecule has 186 valence electrons. The summed E-state index contributed by atoms with van der Waals surface area (Å²) in [6.45, 7) is 2.24. The molecule has 0 aliphatic carbocycles. The van der Waals surface area contributed by atoms with Gasteiger partial charge in [0.1, 0.15) is 0 Å².